The van der Waals surface area contributed by atoms with Crippen LogP contribution < -0.4 is 14.8 Å². The van der Waals surface area contributed by atoms with Crippen molar-refractivity contribution in [1.29, 1.82) is 0 Å². The molecular formula is C22H22N4O4S. The van der Waals surface area contributed by atoms with E-state index in [1.165, 1.54) is 11.8 Å². The van der Waals surface area contributed by atoms with Crippen molar-refractivity contribution in [2.75, 3.05) is 25.3 Å². The molecule has 0 bridgehead atoms. The number of amides is 1. The Morgan fingerprint density at radius 2 is 1.97 bits per heavy atom. The Hall–Kier alpha value is -3.46. The highest BCUT2D eigenvalue weighted by Crippen LogP contribution is 2.33. The summed E-state index contributed by atoms with van der Waals surface area (Å²) in [5, 5.41) is 13.0. The van der Waals surface area contributed by atoms with E-state index in [-0.39, 0.29) is 11.7 Å². The molecule has 160 valence electrons. The Morgan fingerprint density at radius 1 is 1.13 bits per heavy atom. The fourth-order valence-corrected chi connectivity index (χ4v) is 4.00. The average molecular weight is 439 g/mol. The summed E-state index contributed by atoms with van der Waals surface area (Å²) in [6.45, 7) is 2.63. The fourth-order valence-electron chi connectivity index (χ4n) is 3.20. The van der Waals surface area contributed by atoms with Crippen LogP contribution >= 0.6 is 11.8 Å². The number of para-hydroxylation sites is 1. The van der Waals surface area contributed by atoms with Gasteiger partial charge in [-0.05, 0) is 31.2 Å². The van der Waals surface area contributed by atoms with Gasteiger partial charge >= 0.3 is 0 Å². The van der Waals surface area contributed by atoms with Gasteiger partial charge in [-0.3, -0.25) is 9.36 Å². The largest absolute Gasteiger partial charge is 0.497 e. The number of benzene rings is 2. The van der Waals surface area contributed by atoms with Gasteiger partial charge in [0.1, 0.15) is 5.75 Å². The van der Waals surface area contributed by atoms with E-state index in [9.17, 15) is 4.79 Å². The van der Waals surface area contributed by atoms with Crippen molar-refractivity contribution in [2.45, 2.75) is 18.6 Å². The fraction of sp³-hybridized carbons (Fsp3) is 0.227. The molecule has 9 heteroatoms. The average Bonchev–Trinajstić information content (AvgIpc) is 3.41. The third-order valence-corrected chi connectivity index (χ3v) is 5.63. The summed E-state index contributed by atoms with van der Waals surface area (Å²) in [4.78, 5) is 12.4. The van der Waals surface area contributed by atoms with Crippen LogP contribution in [-0.2, 0) is 11.3 Å². The number of fused-ring (bicyclic) bond motifs is 1. The van der Waals surface area contributed by atoms with Crippen LogP contribution in [0.2, 0.25) is 0 Å². The van der Waals surface area contributed by atoms with Gasteiger partial charge in [0.15, 0.2) is 22.2 Å². The van der Waals surface area contributed by atoms with E-state index in [4.69, 9.17) is 13.9 Å². The minimum atomic E-state index is -0.140. The predicted molar refractivity (Wildman–Crippen MR) is 120 cm³/mol. The van der Waals surface area contributed by atoms with Crippen LogP contribution in [0.4, 0.5) is 5.69 Å². The van der Waals surface area contributed by atoms with Gasteiger partial charge in [0.25, 0.3) is 0 Å². The summed E-state index contributed by atoms with van der Waals surface area (Å²) in [6, 6.07) is 14.9. The zero-order valence-corrected chi connectivity index (χ0v) is 18.2. The highest BCUT2D eigenvalue weighted by Gasteiger charge is 2.19. The molecule has 0 saturated carbocycles. The number of methoxy groups -OCH3 is 2. The minimum Gasteiger partial charge on any atom is -0.497 e. The van der Waals surface area contributed by atoms with Crippen molar-refractivity contribution in [3.8, 4) is 23.1 Å². The number of furan rings is 1. The predicted octanol–water partition coefficient (Wildman–Crippen LogP) is 4.46. The van der Waals surface area contributed by atoms with Crippen molar-refractivity contribution in [3.63, 3.8) is 0 Å². The van der Waals surface area contributed by atoms with Crippen LogP contribution in [0, 0.1) is 0 Å². The number of hydrogen-bond acceptors (Lipinski definition) is 7. The molecule has 2 aromatic carbocycles. The van der Waals surface area contributed by atoms with E-state index < -0.39 is 0 Å². The van der Waals surface area contributed by atoms with Gasteiger partial charge in [-0.15, -0.1) is 10.2 Å². The minimum absolute atomic E-state index is 0.140. The van der Waals surface area contributed by atoms with Crippen LogP contribution in [0.1, 0.15) is 6.92 Å². The summed E-state index contributed by atoms with van der Waals surface area (Å²) in [6.07, 6.45) is 0. The Morgan fingerprint density at radius 3 is 2.74 bits per heavy atom. The second kappa shape index (κ2) is 9.13. The van der Waals surface area contributed by atoms with Gasteiger partial charge in [0, 0.05) is 23.7 Å². The van der Waals surface area contributed by atoms with Crippen LogP contribution in [-0.4, -0.2) is 40.6 Å². The van der Waals surface area contributed by atoms with Gasteiger partial charge in [0.2, 0.25) is 11.7 Å². The molecule has 0 aliphatic carbocycles. The molecule has 0 aliphatic rings. The number of nitrogens with one attached hydrogen (secondary N) is 1. The smallest absolute Gasteiger partial charge is 0.234 e. The number of rotatable bonds is 8. The number of carbonyl (C=O) groups is 1. The van der Waals surface area contributed by atoms with E-state index in [0.717, 1.165) is 5.39 Å². The second-order valence-electron chi connectivity index (χ2n) is 6.61. The van der Waals surface area contributed by atoms with E-state index in [2.05, 4.69) is 15.5 Å². The second-order valence-corrected chi connectivity index (χ2v) is 7.55. The van der Waals surface area contributed by atoms with Gasteiger partial charge in [-0.25, -0.2) is 0 Å². The molecule has 4 rings (SSSR count). The van der Waals surface area contributed by atoms with E-state index >= 15 is 0 Å². The molecule has 0 aliphatic heterocycles. The molecule has 1 amide bonds. The van der Waals surface area contributed by atoms with Gasteiger partial charge in [-0.1, -0.05) is 30.0 Å². The Bertz CT molecular complexity index is 1220. The number of anilines is 1. The van der Waals surface area contributed by atoms with Crippen molar-refractivity contribution >= 4 is 34.3 Å². The number of hydrogen-bond donors (Lipinski definition) is 1. The molecule has 8 nitrogen and oxygen atoms in total. The zero-order chi connectivity index (χ0) is 21.8. The number of ether oxygens (including phenoxy) is 2. The van der Waals surface area contributed by atoms with Crippen LogP contribution in [0.25, 0.3) is 22.6 Å². The standard InChI is InChI=1S/C22H22N4O4S/c1-4-26-21(18-11-14-7-5-10-17(29-3)20(14)30-18)24-25-22(26)31-13-19(27)23-15-8-6-9-16(12-15)28-2/h5-12H,4,13H2,1-3H3,(H,23,27). The van der Waals surface area contributed by atoms with E-state index in [0.29, 0.717) is 46.1 Å². The summed E-state index contributed by atoms with van der Waals surface area (Å²) in [7, 11) is 3.20. The molecule has 0 fully saturated rings. The lowest BCUT2D eigenvalue weighted by Crippen LogP contribution is -2.14. The lowest BCUT2D eigenvalue weighted by Gasteiger charge is -2.08. The third kappa shape index (κ3) is 4.36. The first-order valence-electron chi connectivity index (χ1n) is 9.69. The molecule has 0 radical (unpaired) electrons. The number of aromatic nitrogens is 3. The monoisotopic (exact) mass is 438 g/mol. The first-order valence-corrected chi connectivity index (χ1v) is 10.7. The molecule has 0 spiro atoms. The number of thioether (sulfide) groups is 1. The van der Waals surface area contributed by atoms with Crippen LogP contribution in [0.15, 0.2) is 58.1 Å². The maximum absolute atomic E-state index is 12.4. The Labute approximate surface area is 183 Å². The van der Waals surface area contributed by atoms with Crippen molar-refractivity contribution in [3.05, 3.63) is 48.5 Å². The molecule has 0 saturated heterocycles. The Kier molecular flexibility index (Phi) is 6.13. The first-order chi connectivity index (χ1) is 15.1. The number of nitrogens with zero attached hydrogens (tertiary/aromatic N) is 3. The van der Waals surface area contributed by atoms with Crippen LogP contribution in [0.5, 0.6) is 11.5 Å². The normalized spacial score (nSPS) is 10.9. The molecule has 4 aromatic rings. The van der Waals surface area contributed by atoms with Gasteiger partial charge < -0.3 is 19.2 Å². The van der Waals surface area contributed by atoms with Crippen molar-refractivity contribution in [1.82, 2.24) is 14.8 Å². The molecule has 0 atom stereocenters. The van der Waals surface area contributed by atoms with Gasteiger partial charge in [-0.2, -0.15) is 0 Å². The van der Waals surface area contributed by atoms with Crippen molar-refractivity contribution in [2.24, 2.45) is 0 Å². The lowest BCUT2D eigenvalue weighted by atomic mass is 10.2. The maximum Gasteiger partial charge on any atom is 0.234 e. The summed E-state index contributed by atoms with van der Waals surface area (Å²) in [5.74, 6) is 2.61. The molecular weight excluding hydrogens is 416 g/mol. The summed E-state index contributed by atoms with van der Waals surface area (Å²) >= 11 is 1.32. The highest BCUT2D eigenvalue weighted by atomic mass is 32.2. The van der Waals surface area contributed by atoms with Gasteiger partial charge in [0.05, 0.1) is 20.0 Å². The molecule has 0 unspecified atom stereocenters. The van der Waals surface area contributed by atoms with E-state index in [1.54, 1.807) is 20.3 Å². The SMILES string of the molecule is CCn1c(SCC(=O)Nc2cccc(OC)c2)nnc1-c1cc2cccc(OC)c2o1. The lowest BCUT2D eigenvalue weighted by molar-refractivity contribution is -0.113. The first kappa shape index (κ1) is 20.8. The highest BCUT2D eigenvalue weighted by molar-refractivity contribution is 7.99. The third-order valence-electron chi connectivity index (χ3n) is 4.67. The number of carbonyl (C=O) groups excluding carboxylic acids is 1. The molecule has 31 heavy (non-hydrogen) atoms. The summed E-state index contributed by atoms with van der Waals surface area (Å²) < 4.78 is 18.5. The molecule has 1 N–H and O–H groups in total. The quantitative estimate of drug-likeness (QED) is 0.406. The topological polar surface area (TPSA) is 91.4 Å². The molecule has 2 aromatic heterocycles. The zero-order valence-electron chi connectivity index (χ0n) is 17.4. The van der Waals surface area contributed by atoms with Crippen molar-refractivity contribution < 1.29 is 18.7 Å². The van der Waals surface area contributed by atoms with Crippen LogP contribution in [0.3, 0.4) is 0 Å². The summed E-state index contributed by atoms with van der Waals surface area (Å²) in [5.41, 5.74) is 1.34. The maximum atomic E-state index is 12.4. The Balaban J connectivity index is 1.50. The molecule has 2 heterocycles. The van der Waals surface area contributed by atoms with E-state index in [1.807, 2.05) is 54.0 Å².